The summed E-state index contributed by atoms with van der Waals surface area (Å²) in [6.07, 6.45) is 6.83. The SMILES string of the molecule is CCCC[C@H](O)[C@H](O)/C=C/C1=C(\C[C@H](O)CO)[C@H](CC[C@H](O)[C@H]2N[C@H](C)CC[C@@H](CO)[C@@H]2CC(=O)O)N[C@@H]([C@](C)(O)C2(c3ccc(O)cc3)CCCC2)CC#Cc2ccccc2CC1. The molecule has 0 amide bonds. The monoisotopic (exact) mass is 889 g/mol. The van der Waals surface area contributed by atoms with Gasteiger partial charge in [-0.25, -0.2) is 0 Å². The molecule has 2 aromatic carbocycles. The van der Waals surface area contributed by atoms with Crippen molar-refractivity contribution in [2.75, 3.05) is 13.2 Å². The number of carbonyl (C=O) groups is 1. The molecule has 11 N–H and O–H groups in total. The molecule has 2 heterocycles. The highest BCUT2D eigenvalue weighted by Gasteiger charge is 2.54. The zero-order chi connectivity index (χ0) is 46.4. The minimum absolute atomic E-state index is 0.0106. The van der Waals surface area contributed by atoms with Crippen molar-refractivity contribution in [1.82, 2.24) is 10.6 Å². The summed E-state index contributed by atoms with van der Waals surface area (Å²) in [6, 6.07) is 12.9. The van der Waals surface area contributed by atoms with Gasteiger partial charge in [-0.3, -0.25) is 4.79 Å². The van der Waals surface area contributed by atoms with Crippen LogP contribution in [0.2, 0.25) is 0 Å². The van der Waals surface area contributed by atoms with Crippen LogP contribution in [0.15, 0.2) is 71.8 Å². The maximum absolute atomic E-state index is 13.3. The minimum Gasteiger partial charge on any atom is -0.508 e. The van der Waals surface area contributed by atoms with E-state index in [0.717, 1.165) is 47.9 Å². The minimum atomic E-state index is -1.45. The van der Waals surface area contributed by atoms with E-state index in [1.807, 2.05) is 57.2 Å². The highest BCUT2D eigenvalue weighted by atomic mass is 16.4. The van der Waals surface area contributed by atoms with Gasteiger partial charge in [0, 0.05) is 48.2 Å². The first-order valence-corrected chi connectivity index (χ1v) is 23.8. The van der Waals surface area contributed by atoms with Crippen LogP contribution < -0.4 is 10.6 Å². The van der Waals surface area contributed by atoms with Gasteiger partial charge in [0.15, 0.2) is 0 Å². The fraction of sp³-hybridized carbons (Fsp3) is 0.635. The Morgan fingerprint density at radius 2 is 1.70 bits per heavy atom. The smallest absolute Gasteiger partial charge is 0.303 e. The molecule has 12 heteroatoms. The molecule has 1 saturated carbocycles. The zero-order valence-electron chi connectivity index (χ0n) is 38.2. The highest BCUT2D eigenvalue weighted by molar-refractivity contribution is 5.67. The van der Waals surface area contributed by atoms with Crippen LogP contribution >= 0.6 is 0 Å². The van der Waals surface area contributed by atoms with Gasteiger partial charge < -0.3 is 56.6 Å². The Balaban J connectivity index is 1.69. The summed E-state index contributed by atoms with van der Waals surface area (Å²) in [7, 11) is 0. The van der Waals surface area contributed by atoms with Gasteiger partial charge >= 0.3 is 5.97 Å². The number of aryl methyl sites for hydroxylation is 1. The summed E-state index contributed by atoms with van der Waals surface area (Å²) >= 11 is 0. The first-order chi connectivity index (χ1) is 30.6. The number of nitrogens with one attached hydrogen (secondary N) is 2. The van der Waals surface area contributed by atoms with Crippen molar-refractivity contribution in [2.24, 2.45) is 11.8 Å². The molecule has 0 unspecified atom stereocenters. The second-order valence-corrected chi connectivity index (χ2v) is 19.1. The predicted octanol–water partition coefficient (Wildman–Crippen LogP) is 5.16. The summed E-state index contributed by atoms with van der Waals surface area (Å²) in [4.78, 5) is 12.2. The molecule has 0 spiro atoms. The molecule has 1 saturated heterocycles. The molecule has 2 aromatic rings. The van der Waals surface area contributed by atoms with E-state index < -0.39 is 72.1 Å². The van der Waals surface area contributed by atoms with Crippen LogP contribution in [0.5, 0.6) is 5.75 Å². The first kappa shape index (κ1) is 51.4. The average molecular weight is 889 g/mol. The van der Waals surface area contributed by atoms with Gasteiger partial charge in [0.25, 0.3) is 0 Å². The molecule has 12 nitrogen and oxygen atoms in total. The number of carboxylic acids is 1. The first-order valence-electron chi connectivity index (χ1n) is 23.8. The van der Waals surface area contributed by atoms with Crippen molar-refractivity contribution in [1.29, 1.82) is 0 Å². The lowest BCUT2D eigenvalue weighted by atomic mass is 9.63. The van der Waals surface area contributed by atoms with E-state index in [1.54, 1.807) is 24.3 Å². The molecular weight excluding hydrogens is 813 g/mol. The number of aliphatic hydroxyl groups excluding tert-OH is 6. The summed E-state index contributed by atoms with van der Waals surface area (Å²) in [5.41, 5.74) is 1.99. The molecule has 0 aromatic heterocycles. The quantitative estimate of drug-likeness (QED) is 0.0824. The van der Waals surface area contributed by atoms with Crippen LogP contribution in [0.1, 0.15) is 134 Å². The van der Waals surface area contributed by atoms with Crippen LogP contribution in [0.4, 0.5) is 0 Å². The number of unbranched alkanes of at least 4 members (excludes halogenated alkanes) is 1. The summed E-state index contributed by atoms with van der Waals surface area (Å²) in [6.45, 7) is 5.12. The number of aliphatic hydroxyl groups is 7. The number of fused-ring (bicyclic) bond motifs is 1. The van der Waals surface area contributed by atoms with E-state index in [2.05, 4.69) is 22.5 Å². The Labute approximate surface area is 380 Å². The van der Waals surface area contributed by atoms with Crippen LogP contribution in [-0.4, -0.2) is 119 Å². The number of hydrogen-bond acceptors (Lipinski definition) is 11. The standard InChI is InChI=1S/C52H76N2O10/c1-4-5-14-45(59)46(60)26-20-37-19-18-36-12-7-6-11-35(36)13-10-15-48(51(3,64)52(28-8-9-29-52)39-21-23-40(57)24-22-39)54-44(42(37)30-41(58)33-56)25-27-47(61)50-43(31-49(62)63)38(32-55)17-16-34(2)53-50/h6-7,11-12,20-24,26,34,38,41,43-48,50,53-61,64H,4-5,8-9,14-19,25,27-33H2,1-3H3,(H,62,63)/b26-20+,42-37+/t34-,38+,41+,43+,44+,45+,46-,47+,48-,50+,51+/m1/s1. The Morgan fingerprint density at radius 1 is 0.984 bits per heavy atom. The summed E-state index contributed by atoms with van der Waals surface area (Å²) < 4.78 is 0. The van der Waals surface area contributed by atoms with E-state index in [4.69, 9.17) is 0 Å². The van der Waals surface area contributed by atoms with Crippen LogP contribution in [0.3, 0.4) is 0 Å². The third-order valence-electron chi connectivity index (χ3n) is 14.7. The Kier molecular flexibility index (Phi) is 19.5. The molecule has 2 fully saturated rings. The average Bonchev–Trinajstić information content (AvgIpc) is 3.73. The van der Waals surface area contributed by atoms with Gasteiger partial charge in [0.05, 0.1) is 43.0 Å². The zero-order valence-corrected chi connectivity index (χ0v) is 38.2. The van der Waals surface area contributed by atoms with Crippen molar-refractivity contribution in [3.8, 4) is 17.6 Å². The lowest BCUT2D eigenvalue weighted by molar-refractivity contribution is -0.139. The molecule has 354 valence electrons. The maximum Gasteiger partial charge on any atom is 0.303 e. The second kappa shape index (κ2) is 24.2. The Hall–Kier alpha value is -3.61. The number of rotatable bonds is 19. The van der Waals surface area contributed by atoms with E-state index in [-0.39, 0.29) is 56.4 Å². The van der Waals surface area contributed by atoms with Crippen molar-refractivity contribution in [2.45, 2.75) is 183 Å². The summed E-state index contributed by atoms with van der Waals surface area (Å²) in [5, 5.41) is 107. The van der Waals surface area contributed by atoms with E-state index in [1.165, 1.54) is 0 Å². The molecule has 1 aliphatic carbocycles. The van der Waals surface area contributed by atoms with E-state index in [0.29, 0.717) is 50.5 Å². The number of phenolic OH excluding ortho intramolecular Hbond substituents is 1. The normalized spacial score (nSPS) is 28.3. The largest absolute Gasteiger partial charge is 0.508 e. The number of aromatic hydroxyl groups is 1. The number of aliphatic carboxylic acids is 1. The number of benzene rings is 2. The topological polar surface area (TPSA) is 223 Å². The van der Waals surface area contributed by atoms with Crippen molar-refractivity contribution in [3.05, 3.63) is 88.5 Å². The maximum atomic E-state index is 13.3. The van der Waals surface area contributed by atoms with Crippen molar-refractivity contribution >= 4 is 5.97 Å². The van der Waals surface area contributed by atoms with Gasteiger partial charge in [0.2, 0.25) is 0 Å². The third-order valence-corrected chi connectivity index (χ3v) is 14.7. The van der Waals surface area contributed by atoms with Crippen molar-refractivity contribution in [3.63, 3.8) is 0 Å². The molecule has 0 bridgehead atoms. The van der Waals surface area contributed by atoms with Gasteiger partial charge in [-0.05, 0) is 130 Å². The summed E-state index contributed by atoms with van der Waals surface area (Å²) in [5.74, 6) is 5.05. The molecule has 64 heavy (non-hydrogen) atoms. The number of allylic oxidation sites excluding steroid dienone is 2. The Bertz CT molecular complexity index is 1900. The van der Waals surface area contributed by atoms with Crippen LogP contribution in [-0.2, 0) is 16.6 Å². The van der Waals surface area contributed by atoms with Gasteiger partial charge in [-0.2, -0.15) is 0 Å². The molecule has 11 atom stereocenters. The van der Waals surface area contributed by atoms with Crippen LogP contribution in [0.25, 0.3) is 0 Å². The predicted molar refractivity (Wildman–Crippen MR) is 248 cm³/mol. The number of hydrogen-bond donors (Lipinski definition) is 11. The lowest BCUT2D eigenvalue weighted by Gasteiger charge is -2.49. The second-order valence-electron chi connectivity index (χ2n) is 19.1. The third kappa shape index (κ3) is 13.1. The molecule has 3 aliphatic rings. The van der Waals surface area contributed by atoms with Gasteiger partial charge in [0.1, 0.15) is 5.75 Å². The number of phenols is 1. The molecule has 5 rings (SSSR count). The molecule has 0 radical (unpaired) electrons. The van der Waals surface area contributed by atoms with Gasteiger partial charge in [-0.1, -0.05) is 86.9 Å². The number of carboxylic acid groups (broad SMARTS) is 1. The lowest BCUT2D eigenvalue weighted by Crippen LogP contribution is -2.62. The Morgan fingerprint density at radius 3 is 2.38 bits per heavy atom. The fourth-order valence-electron chi connectivity index (χ4n) is 10.8. The molecular formula is C52H76N2O10. The van der Waals surface area contributed by atoms with Crippen molar-refractivity contribution < 1.29 is 50.8 Å². The highest BCUT2D eigenvalue weighted by Crippen LogP contribution is 2.51. The van der Waals surface area contributed by atoms with E-state index in [9.17, 15) is 50.8 Å². The fourth-order valence-corrected chi connectivity index (χ4v) is 10.8. The van der Waals surface area contributed by atoms with Gasteiger partial charge in [-0.15, -0.1) is 0 Å². The van der Waals surface area contributed by atoms with Crippen LogP contribution in [0, 0.1) is 23.7 Å². The van der Waals surface area contributed by atoms with E-state index >= 15 is 0 Å². The molecule has 2 aliphatic heterocycles.